The molecule has 0 saturated heterocycles. The molecular formula is C15H10ClFN2O. The molecule has 0 saturated carbocycles. The molecule has 0 aliphatic carbocycles. The summed E-state index contributed by atoms with van der Waals surface area (Å²) in [5.41, 5.74) is 0.466. The van der Waals surface area contributed by atoms with Crippen LogP contribution in [-0.4, -0.2) is 10.2 Å². The van der Waals surface area contributed by atoms with Gasteiger partial charge in [0.2, 0.25) is 5.88 Å². The topological polar surface area (TPSA) is 35.0 Å². The zero-order chi connectivity index (χ0) is 13.9. The Hall–Kier alpha value is -2.20. The predicted octanol–water partition coefficient (Wildman–Crippen LogP) is 4.00. The first kappa shape index (κ1) is 12.8. The van der Waals surface area contributed by atoms with Crippen molar-refractivity contribution in [1.82, 2.24) is 10.2 Å². The van der Waals surface area contributed by atoms with Gasteiger partial charge in [0.25, 0.3) is 0 Å². The monoisotopic (exact) mass is 288 g/mol. The molecule has 100 valence electrons. The predicted molar refractivity (Wildman–Crippen MR) is 75.3 cm³/mol. The molecule has 0 amide bonds. The summed E-state index contributed by atoms with van der Waals surface area (Å²) in [6.45, 7) is 0.0903. The average molecular weight is 289 g/mol. The van der Waals surface area contributed by atoms with Crippen LogP contribution in [0.5, 0.6) is 5.88 Å². The lowest BCUT2D eigenvalue weighted by Crippen LogP contribution is -2.01. The van der Waals surface area contributed by atoms with Crippen LogP contribution in [0.1, 0.15) is 5.56 Å². The number of nitrogens with zero attached hydrogens (tertiary/aromatic N) is 2. The van der Waals surface area contributed by atoms with Crippen LogP contribution >= 0.6 is 11.6 Å². The minimum absolute atomic E-state index is 0.0903. The lowest BCUT2D eigenvalue weighted by Gasteiger charge is -2.08. The molecule has 0 aliphatic heterocycles. The maximum Gasteiger partial charge on any atom is 0.241 e. The Morgan fingerprint density at radius 3 is 2.45 bits per heavy atom. The van der Waals surface area contributed by atoms with E-state index >= 15 is 0 Å². The normalized spacial score (nSPS) is 10.7. The Bertz CT molecular complexity index is 764. The third-order valence-electron chi connectivity index (χ3n) is 2.93. The Morgan fingerprint density at radius 1 is 0.950 bits per heavy atom. The molecule has 1 aromatic heterocycles. The molecule has 0 atom stereocenters. The maximum absolute atomic E-state index is 13.5. The van der Waals surface area contributed by atoms with Crippen LogP contribution < -0.4 is 4.74 Å². The van der Waals surface area contributed by atoms with Crippen molar-refractivity contribution >= 4 is 22.4 Å². The first-order valence-electron chi connectivity index (χ1n) is 6.03. The summed E-state index contributed by atoms with van der Waals surface area (Å²) in [5.74, 6) is 0.0342. The van der Waals surface area contributed by atoms with Gasteiger partial charge in [-0.3, -0.25) is 0 Å². The quantitative estimate of drug-likeness (QED) is 0.730. The molecule has 2 aromatic carbocycles. The van der Waals surface area contributed by atoms with Crippen molar-refractivity contribution in [3.63, 3.8) is 0 Å². The second-order valence-corrected chi connectivity index (χ2v) is 4.58. The summed E-state index contributed by atoms with van der Waals surface area (Å²) in [5, 5.41) is 9.59. The summed E-state index contributed by atoms with van der Waals surface area (Å²) in [4.78, 5) is 0. The van der Waals surface area contributed by atoms with E-state index in [1.165, 1.54) is 6.07 Å². The molecule has 0 fully saturated rings. The zero-order valence-electron chi connectivity index (χ0n) is 10.4. The molecule has 0 bridgehead atoms. The fraction of sp³-hybridized carbons (Fsp3) is 0.0667. The maximum atomic E-state index is 13.5. The summed E-state index contributed by atoms with van der Waals surface area (Å²) in [6.07, 6.45) is 0. The zero-order valence-corrected chi connectivity index (χ0v) is 11.1. The Balaban J connectivity index is 1.92. The van der Waals surface area contributed by atoms with Gasteiger partial charge in [0, 0.05) is 16.3 Å². The lowest BCUT2D eigenvalue weighted by molar-refractivity contribution is 0.289. The van der Waals surface area contributed by atoms with Crippen molar-refractivity contribution in [3.8, 4) is 5.88 Å². The fourth-order valence-corrected chi connectivity index (χ4v) is 2.12. The molecule has 0 spiro atoms. The molecule has 3 rings (SSSR count). The van der Waals surface area contributed by atoms with Crippen molar-refractivity contribution in [1.29, 1.82) is 0 Å². The highest BCUT2D eigenvalue weighted by atomic mass is 35.5. The van der Waals surface area contributed by atoms with Crippen LogP contribution in [0.3, 0.4) is 0 Å². The summed E-state index contributed by atoms with van der Waals surface area (Å²) in [6, 6.07) is 13.8. The number of fused-ring (bicyclic) bond motifs is 1. The van der Waals surface area contributed by atoms with Crippen molar-refractivity contribution in [2.45, 2.75) is 6.61 Å². The van der Waals surface area contributed by atoms with E-state index in [1.807, 2.05) is 24.3 Å². The van der Waals surface area contributed by atoms with E-state index in [4.69, 9.17) is 16.3 Å². The van der Waals surface area contributed by atoms with Gasteiger partial charge in [-0.15, -0.1) is 10.2 Å². The first-order chi connectivity index (χ1) is 9.75. The van der Waals surface area contributed by atoms with E-state index in [2.05, 4.69) is 10.2 Å². The number of aromatic nitrogens is 2. The van der Waals surface area contributed by atoms with Crippen molar-refractivity contribution in [3.05, 3.63) is 65.1 Å². The van der Waals surface area contributed by atoms with E-state index in [0.717, 1.165) is 10.8 Å². The average Bonchev–Trinajstić information content (AvgIpc) is 2.48. The third-order valence-corrected chi connectivity index (χ3v) is 3.21. The van der Waals surface area contributed by atoms with Crippen LogP contribution in [0, 0.1) is 5.82 Å². The van der Waals surface area contributed by atoms with Gasteiger partial charge in [-0.2, -0.15) is 0 Å². The number of halogens is 2. The molecule has 20 heavy (non-hydrogen) atoms. The SMILES string of the molecule is Fc1ccccc1COc1nnc(Cl)c2ccccc12. The molecule has 3 nitrogen and oxygen atoms in total. The second-order valence-electron chi connectivity index (χ2n) is 4.22. The summed E-state index contributed by atoms with van der Waals surface area (Å²) in [7, 11) is 0. The number of rotatable bonds is 3. The first-order valence-corrected chi connectivity index (χ1v) is 6.40. The van der Waals surface area contributed by atoms with Crippen LogP contribution in [0.15, 0.2) is 48.5 Å². The van der Waals surface area contributed by atoms with E-state index < -0.39 is 0 Å². The smallest absolute Gasteiger partial charge is 0.241 e. The van der Waals surface area contributed by atoms with Crippen LogP contribution in [-0.2, 0) is 6.61 Å². The van der Waals surface area contributed by atoms with Gasteiger partial charge in [0.15, 0.2) is 5.15 Å². The fourth-order valence-electron chi connectivity index (χ4n) is 1.91. The van der Waals surface area contributed by atoms with Gasteiger partial charge in [-0.1, -0.05) is 48.0 Å². The van der Waals surface area contributed by atoms with Crippen LogP contribution in [0.4, 0.5) is 4.39 Å². The van der Waals surface area contributed by atoms with Gasteiger partial charge in [0.05, 0.1) is 0 Å². The second kappa shape index (κ2) is 5.43. The minimum Gasteiger partial charge on any atom is -0.471 e. The molecule has 0 radical (unpaired) electrons. The molecule has 0 unspecified atom stereocenters. The van der Waals surface area contributed by atoms with Gasteiger partial charge < -0.3 is 4.74 Å². The van der Waals surface area contributed by atoms with E-state index in [0.29, 0.717) is 16.6 Å². The molecule has 0 N–H and O–H groups in total. The Labute approximate surface area is 120 Å². The minimum atomic E-state index is -0.307. The van der Waals surface area contributed by atoms with Gasteiger partial charge in [-0.05, 0) is 12.1 Å². The Kier molecular flexibility index (Phi) is 3.48. The highest BCUT2D eigenvalue weighted by Crippen LogP contribution is 2.27. The number of hydrogen-bond acceptors (Lipinski definition) is 3. The van der Waals surface area contributed by atoms with Crippen LogP contribution in [0.2, 0.25) is 5.15 Å². The van der Waals surface area contributed by atoms with Crippen molar-refractivity contribution in [2.24, 2.45) is 0 Å². The number of hydrogen-bond donors (Lipinski definition) is 0. The van der Waals surface area contributed by atoms with Gasteiger partial charge in [-0.25, -0.2) is 4.39 Å². The lowest BCUT2D eigenvalue weighted by atomic mass is 10.2. The molecular weight excluding hydrogens is 279 g/mol. The molecule has 3 aromatic rings. The highest BCUT2D eigenvalue weighted by Gasteiger charge is 2.09. The van der Waals surface area contributed by atoms with E-state index in [1.54, 1.807) is 18.2 Å². The molecule has 5 heteroatoms. The molecule has 0 aliphatic rings. The van der Waals surface area contributed by atoms with Crippen molar-refractivity contribution in [2.75, 3.05) is 0 Å². The standard InChI is InChI=1S/C15H10ClFN2O/c16-14-11-6-2-3-7-12(11)15(19-18-14)20-9-10-5-1-4-8-13(10)17/h1-8H,9H2. The largest absolute Gasteiger partial charge is 0.471 e. The summed E-state index contributed by atoms with van der Waals surface area (Å²) < 4.78 is 19.1. The van der Waals surface area contributed by atoms with Gasteiger partial charge >= 0.3 is 0 Å². The number of benzene rings is 2. The molecule has 1 heterocycles. The van der Waals surface area contributed by atoms with Crippen LogP contribution in [0.25, 0.3) is 10.8 Å². The van der Waals surface area contributed by atoms with E-state index in [-0.39, 0.29) is 12.4 Å². The highest BCUT2D eigenvalue weighted by molar-refractivity contribution is 6.34. The Morgan fingerprint density at radius 2 is 1.65 bits per heavy atom. The number of ether oxygens (including phenoxy) is 1. The van der Waals surface area contributed by atoms with E-state index in [9.17, 15) is 4.39 Å². The van der Waals surface area contributed by atoms with Crippen molar-refractivity contribution < 1.29 is 9.13 Å². The van der Waals surface area contributed by atoms with Gasteiger partial charge in [0.1, 0.15) is 12.4 Å². The third kappa shape index (κ3) is 2.42. The summed E-state index contributed by atoms with van der Waals surface area (Å²) >= 11 is 5.98.